The van der Waals surface area contributed by atoms with Crippen molar-refractivity contribution in [3.63, 3.8) is 0 Å². The van der Waals surface area contributed by atoms with E-state index in [-0.39, 0.29) is 24.4 Å². The molecule has 0 aromatic heterocycles. The molecule has 0 N–H and O–H groups in total. The average molecular weight is 479 g/mol. The number of carbonyl (C=O) groups excluding carboxylic acids is 2. The van der Waals surface area contributed by atoms with Crippen molar-refractivity contribution in [2.75, 3.05) is 53.0 Å². The molecule has 8 heteroatoms. The fourth-order valence-electron chi connectivity index (χ4n) is 4.44. The van der Waals surface area contributed by atoms with Crippen molar-refractivity contribution in [3.8, 4) is 5.75 Å². The van der Waals surface area contributed by atoms with E-state index in [2.05, 4.69) is 4.90 Å². The minimum atomic E-state index is -0.225. The number of aryl methyl sites for hydroxylation is 1. The summed E-state index contributed by atoms with van der Waals surface area (Å²) in [6, 6.07) is 15.7. The van der Waals surface area contributed by atoms with Gasteiger partial charge in [-0.2, -0.15) is 5.10 Å². The highest BCUT2D eigenvalue weighted by atomic mass is 16.5. The first-order valence-corrected chi connectivity index (χ1v) is 12.1. The van der Waals surface area contributed by atoms with Crippen molar-refractivity contribution in [1.82, 2.24) is 14.8 Å². The number of hydrogen-bond donors (Lipinski definition) is 0. The summed E-state index contributed by atoms with van der Waals surface area (Å²) in [5, 5.41) is 6.32. The first-order valence-electron chi connectivity index (χ1n) is 12.1. The second kappa shape index (κ2) is 11.5. The summed E-state index contributed by atoms with van der Waals surface area (Å²) in [7, 11) is 1.63. The van der Waals surface area contributed by atoms with Crippen LogP contribution in [0.15, 0.2) is 53.6 Å². The van der Waals surface area contributed by atoms with E-state index in [9.17, 15) is 9.59 Å². The van der Waals surface area contributed by atoms with Gasteiger partial charge in [0.25, 0.3) is 5.91 Å². The van der Waals surface area contributed by atoms with E-state index in [1.165, 1.54) is 6.92 Å². The van der Waals surface area contributed by atoms with Crippen LogP contribution in [0.5, 0.6) is 5.75 Å². The highest BCUT2D eigenvalue weighted by Crippen LogP contribution is 2.33. The second-order valence-electron chi connectivity index (χ2n) is 9.04. The third-order valence-corrected chi connectivity index (χ3v) is 6.59. The minimum Gasteiger partial charge on any atom is -0.497 e. The lowest BCUT2D eigenvalue weighted by Crippen LogP contribution is -2.45. The zero-order valence-corrected chi connectivity index (χ0v) is 20.8. The van der Waals surface area contributed by atoms with Crippen LogP contribution < -0.4 is 4.74 Å². The van der Waals surface area contributed by atoms with E-state index in [0.717, 1.165) is 47.8 Å². The lowest BCUT2D eigenvalue weighted by Gasteiger charge is -2.30. The summed E-state index contributed by atoms with van der Waals surface area (Å²) in [5.74, 6) is 0.438. The van der Waals surface area contributed by atoms with Gasteiger partial charge in [0.15, 0.2) is 0 Å². The topological polar surface area (TPSA) is 74.7 Å². The number of ether oxygens (including phenoxy) is 2. The molecule has 1 saturated heterocycles. The maximum absolute atomic E-state index is 13.5. The zero-order chi connectivity index (χ0) is 24.8. The Morgan fingerprint density at radius 2 is 1.89 bits per heavy atom. The second-order valence-corrected chi connectivity index (χ2v) is 9.04. The van der Waals surface area contributed by atoms with Crippen LogP contribution in [0.1, 0.15) is 36.1 Å². The number of methoxy groups -OCH3 is 1. The number of rotatable bonds is 8. The molecule has 0 aliphatic carbocycles. The van der Waals surface area contributed by atoms with Gasteiger partial charge in [-0.15, -0.1) is 0 Å². The number of carbonyl (C=O) groups is 2. The molecule has 0 spiro atoms. The monoisotopic (exact) mass is 478 g/mol. The molecule has 2 amide bonds. The Kier molecular flexibility index (Phi) is 8.15. The van der Waals surface area contributed by atoms with Crippen LogP contribution in [0, 0.1) is 6.92 Å². The van der Waals surface area contributed by atoms with Crippen LogP contribution >= 0.6 is 0 Å². The van der Waals surface area contributed by atoms with Gasteiger partial charge in [-0.25, -0.2) is 5.01 Å². The van der Waals surface area contributed by atoms with Gasteiger partial charge in [-0.1, -0.05) is 42.0 Å². The predicted octanol–water partition coefficient (Wildman–Crippen LogP) is 2.86. The molecule has 2 aliphatic rings. The Labute approximate surface area is 207 Å². The minimum absolute atomic E-state index is 0.00305. The van der Waals surface area contributed by atoms with Crippen LogP contribution in [-0.2, 0) is 14.3 Å². The molecular formula is C27H34N4O4. The van der Waals surface area contributed by atoms with Gasteiger partial charge in [0.05, 0.1) is 32.1 Å². The lowest BCUT2D eigenvalue weighted by atomic mass is 9.97. The van der Waals surface area contributed by atoms with Crippen LogP contribution in [0.2, 0.25) is 0 Å². The highest BCUT2D eigenvalue weighted by molar-refractivity contribution is 6.03. The molecule has 4 rings (SSSR count). The van der Waals surface area contributed by atoms with E-state index in [0.29, 0.717) is 26.2 Å². The zero-order valence-electron chi connectivity index (χ0n) is 20.8. The van der Waals surface area contributed by atoms with Crippen LogP contribution in [0.3, 0.4) is 0 Å². The van der Waals surface area contributed by atoms with Crippen LogP contribution in [0.4, 0.5) is 0 Å². The molecule has 2 aliphatic heterocycles. The van der Waals surface area contributed by atoms with E-state index in [4.69, 9.17) is 14.6 Å². The first-order chi connectivity index (χ1) is 16.9. The van der Waals surface area contributed by atoms with Gasteiger partial charge >= 0.3 is 0 Å². The molecule has 186 valence electrons. The molecule has 2 aromatic carbocycles. The normalized spacial score (nSPS) is 18.3. The highest BCUT2D eigenvalue weighted by Gasteiger charge is 2.34. The van der Waals surface area contributed by atoms with E-state index in [1.807, 2.05) is 55.5 Å². The third kappa shape index (κ3) is 6.26. The molecule has 8 nitrogen and oxygen atoms in total. The number of hydrazone groups is 1. The Hall–Kier alpha value is -3.23. The fraction of sp³-hybridized carbons (Fsp3) is 0.444. The predicted molar refractivity (Wildman–Crippen MR) is 134 cm³/mol. The van der Waals surface area contributed by atoms with Crippen molar-refractivity contribution in [1.29, 1.82) is 0 Å². The van der Waals surface area contributed by atoms with Gasteiger partial charge in [-0.3, -0.25) is 14.5 Å². The first kappa shape index (κ1) is 24.9. The maximum Gasteiger partial charge on any atom is 0.262 e. The Bertz CT molecular complexity index is 1060. The SMILES string of the molecule is COc1cccc(C2=NN(C(=O)CN(CCN3CCOCC3)C(C)=O)[C@@H](c3ccc(C)cc3)C2)c1. The van der Waals surface area contributed by atoms with E-state index < -0.39 is 0 Å². The number of benzene rings is 2. The molecule has 2 heterocycles. The van der Waals surface area contributed by atoms with Crippen molar-refractivity contribution in [3.05, 3.63) is 65.2 Å². The standard InChI is InChI=1S/C27H34N4O4/c1-20-7-9-22(10-8-20)26-18-25(23-5-4-6-24(17-23)34-3)28-31(26)27(33)19-30(21(2)32)12-11-29-13-15-35-16-14-29/h4-10,17,26H,11-16,18-19H2,1-3H3/t26-/m1/s1. The van der Waals surface area contributed by atoms with Gasteiger partial charge in [0.2, 0.25) is 5.91 Å². The molecule has 2 aromatic rings. The summed E-state index contributed by atoms with van der Waals surface area (Å²) in [6.45, 7) is 7.85. The summed E-state index contributed by atoms with van der Waals surface area (Å²) >= 11 is 0. The van der Waals surface area contributed by atoms with Gasteiger partial charge in [0, 0.05) is 45.1 Å². The number of hydrogen-bond acceptors (Lipinski definition) is 6. The quantitative estimate of drug-likeness (QED) is 0.583. The molecule has 0 saturated carbocycles. The number of morpholine rings is 1. The molecule has 1 atom stereocenters. The van der Waals surface area contributed by atoms with Crippen molar-refractivity contribution in [2.45, 2.75) is 26.3 Å². The van der Waals surface area contributed by atoms with E-state index in [1.54, 1.807) is 17.0 Å². The number of nitrogens with zero attached hydrogens (tertiary/aromatic N) is 4. The molecule has 0 bridgehead atoms. The van der Waals surface area contributed by atoms with Gasteiger partial charge < -0.3 is 14.4 Å². The van der Waals surface area contributed by atoms with Gasteiger partial charge in [-0.05, 0) is 24.6 Å². The van der Waals surface area contributed by atoms with Crippen molar-refractivity contribution >= 4 is 17.5 Å². The van der Waals surface area contributed by atoms with Crippen molar-refractivity contribution < 1.29 is 19.1 Å². The van der Waals surface area contributed by atoms with Gasteiger partial charge in [0.1, 0.15) is 12.3 Å². The lowest BCUT2D eigenvalue weighted by molar-refractivity contribution is -0.140. The Balaban J connectivity index is 1.54. The smallest absolute Gasteiger partial charge is 0.262 e. The average Bonchev–Trinajstić information content (AvgIpc) is 3.33. The number of amides is 2. The van der Waals surface area contributed by atoms with Crippen molar-refractivity contribution in [2.24, 2.45) is 5.10 Å². The Morgan fingerprint density at radius 1 is 1.14 bits per heavy atom. The molecule has 1 fully saturated rings. The summed E-state index contributed by atoms with van der Waals surface area (Å²) < 4.78 is 10.8. The van der Waals surface area contributed by atoms with Crippen LogP contribution in [-0.4, -0.2) is 85.4 Å². The fourth-order valence-corrected chi connectivity index (χ4v) is 4.44. The molecular weight excluding hydrogens is 444 g/mol. The summed E-state index contributed by atoms with van der Waals surface area (Å²) in [4.78, 5) is 29.8. The largest absolute Gasteiger partial charge is 0.497 e. The van der Waals surface area contributed by atoms with E-state index >= 15 is 0 Å². The molecule has 35 heavy (non-hydrogen) atoms. The summed E-state index contributed by atoms with van der Waals surface area (Å²) in [5.41, 5.74) is 3.93. The summed E-state index contributed by atoms with van der Waals surface area (Å²) in [6.07, 6.45) is 0.593. The Morgan fingerprint density at radius 3 is 2.57 bits per heavy atom. The maximum atomic E-state index is 13.5. The van der Waals surface area contributed by atoms with Crippen LogP contribution in [0.25, 0.3) is 0 Å². The molecule has 0 radical (unpaired) electrons. The molecule has 0 unspecified atom stereocenters. The third-order valence-electron chi connectivity index (χ3n) is 6.59.